The molecule has 118 valence electrons. The fourth-order valence-electron chi connectivity index (χ4n) is 1.95. The molecule has 0 aliphatic heterocycles. The van der Waals surface area contributed by atoms with Crippen LogP contribution < -0.4 is 11.1 Å². The van der Waals surface area contributed by atoms with E-state index in [1.54, 1.807) is 0 Å². The number of amides is 1. The van der Waals surface area contributed by atoms with Gasteiger partial charge in [-0.2, -0.15) is 0 Å². The Hall–Kier alpha value is -2.93. The number of anilines is 1. The smallest absolute Gasteiger partial charge is 0.407 e. The van der Waals surface area contributed by atoms with Gasteiger partial charge in [0.05, 0.1) is 0 Å². The zero-order valence-electron chi connectivity index (χ0n) is 13.1. The first-order valence-corrected chi connectivity index (χ1v) is 7.44. The lowest BCUT2D eigenvalue weighted by Crippen LogP contribution is -2.24. The highest BCUT2D eigenvalue weighted by molar-refractivity contribution is 5.67. The highest BCUT2D eigenvalue weighted by atomic mass is 16.5. The Morgan fingerprint density at radius 1 is 1.22 bits per heavy atom. The molecule has 1 amide bonds. The maximum atomic E-state index is 11.5. The first-order valence-electron chi connectivity index (χ1n) is 7.44. The molecule has 0 spiro atoms. The number of hydrogen-bond donors (Lipinski definition) is 2. The lowest BCUT2D eigenvalue weighted by Gasteiger charge is -2.05. The zero-order valence-corrected chi connectivity index (χ0v) is 13.1. The van der Waals surface area contributed by atoms with Crippen molar-refractivity contribution in [1.29, 1.82) is 0 Å². The molecule has 23 heavy (non-hydrogen) atoms. The molecule has 0 aliphatic rings. The molecular formula is C19H20N2O2. The summed E-state index contributed by atoms with van der Waals surface area (Å²) in [5.74, 6) is 6.00. The number of carbonyl (C=O) groups excluding carboxylic acids is 1. The van der Waals surface area contributed by atoms with Crippen LogP contribution in [0.5, 0.6) is 0 Å². The molecule has 2 aromatic rings. The second-order valence-electron chi connectivity index (χ2n) is 5.13. The van der Waals surface area contributed by atoms with E-state index in [0.29, 0.717) is 18.7 Å². The van der Waals surface area contributed by atoms with Crippen molar-refractivity contribution in [3.63, 3.8) is 0 Å². The Bertz CT molecular complexity index is 715. The summed E-state index contributed by atoms with van der Waals surface area (Å²) in [7, 11) is 0. The molecule has 4 heteroatoms. The molecule has 0 unspecified atom stereocenters. The van der Waals surface area contributed by atoms with Crippen LogP contribution in [0, 0.1) is 18.8 Å². The van der Waals surface area contributed by atoms with Gasteiger partial charge in [0, 0.05) is 24.2 Å². The first-order chi connectivity index (χ1) is 11.1. The summed E-state index contributed by atoms with van der Waals surface area (Å²) < 4.78 is 5.11. The van der Waals surface area contributed by atoms with Crippen molar-refractivity contribution in [2.24, 2.45) is 0 Å². The summed E-state index contributed by atoms with van der Waals surface area (Å²) in [4.78, 5) is 11.5. The Balaban J connectivity index is 1.69. The summed E-state index contributed by atoms with van der Waals surface area (Å²) in [6.45, 7) is 2.68. The van der Waals surface area contributed by atoms with E-state index in [2.05, 4.69) is 17.2 Å². The minimum atomic E-state index is -0.439. The van der Waals surface area contributed by atoms with Crippen LogP contribution in [0.1, 0.15) is 23.1 Å². The minimum absolute atomic E-state index is 0.262. The summed E-state index contributed by atoms with van der Waals surface area (Å²) in [5, 5.41) is 2.67. The average molecular weight is 308 g/mol. The third-order valence-electron chi connectivity index (χ3n) is 3.16. The Morgan fingerprint density at radius 3 is 2.74 bits per heavy atom. The van der Waals surface area contributed by atoms with E-state index in [1.807, 2.05) is 55.5 Å². The van der Waals surface area contributed by atoms with Gasteiger partial charge in [0.2, 0.25) is 0 Å². The number of carbonyl (C=O) groups is 1. The van der Waals surface area contributed by atoms with Crippen LogP contribution in [-0.4, -0.2) is 12.6 Å². The number of aryl methyl sites for hydroxylation is 1. The molecule has 0 heterocycles. The van der Waals surface area contributed by atoms with Gasteiger partial charge in [-0.05, 0) is 30.2 Å². The SMILES string of the molecule is Cc1ccc(C#CCCNC(=O)OCc2ccccc2)c(N)c1. The Kier molecular flexibility index (Phi) is 6.07. The number of rotatable bonds is 4. The second-order valence-corrected chi connectivity index (χ2v) is 5.13. The van der Waals surface area contributed by atoms with E-state index in [-0.39, 0.29) is 6.61 Å². The molecule has 0 fully saturated rings. The molecule has 0 atom stereocenters. The summed E-state index contributed by atoms with van der Waals surface area (Å²) in [5.41, 5.74) is 9.43. The fourth-order valence-corrected chi connectivity index (χ4v) is 1.95. The minimum Gasteiger partial charge on any atom is -0.445 e. The third kappa shape index (κ3) is 5.76. The summed E-state index contributed by atoms with van der Waals surface area (Å²) >= 11 is 0. The molecule has 2 rings (SSSR count). The van der Waals surface area contributed by atoms with Crippen LogP contribution in [0.25, 0.3) is 0 Å². The van der Waals surface area contributed by atoms with E-state index in [0.717, 1.165) is 16.7 Å². The van der Waals surface area contributed by atoms with E-state index in [9.17, 15) is 4.79 Å². The molecular weight excluding hydrogens is 288 g/mol. The van der Waals surface area contributed by atoms with Crippen molar-refractivity contribution in [3.8, 4) is 11.8 Å². The van der Waals surface area contributed by atoms with E-state index >= 15 is 0 Å². The molecule has 4 nitrogen and oxygen atoms in total. The van der Waals surface area contributed by atoms with Crippen molar-refractivity contribution in [2.45, 2.75) is 20.0 Å². The van der Waals surface area contributed by atoms with Crippen molar-refractivity contribution in [2.75, 3.05) is 12.3 Å². The Morgan fingerprint density at radius 2 is 2.00 bits per heavy atom. The standard InChI is InChI=1S/C19H20N2O2/c1-15-10-11-17(18(20)13-15)9-5-6-12-21-19(22)23-14-16-7-3-2-4-8-16/h2-4,7-8,10-11,13H,6,12,14,20H2,1H3,(H,21,22). The largest absolute Gasteiger partial charge is 0.445 e. The average Bonchev–Trinajstić information content (AvgIpc) is 2.55. The molecule has 0 aromatic heterocycles. The van der Waals surface area contributed by atoms with Crippen molar-refractivity contribution >= 4 is 11.8 Å². The molecule has 0 saturated carbocycles. The number of nitrogen functional groups attached to an aromatic ring is 1. The number of ether oxygens (including phenoxy) is 1. The number of nitrogens with one attached hydrogen (secondary N) is 1. The van der Waals surface area contributed by atoms with Crippen LogP contribution in [0.4, 0.5) is 10.5 Å². The number of nitrogens with two attached hydrogens (primary N) is 1. The third-order valence-corrected chi connectivity index (χ3v) is 3.16. The maximum absolute atomic E-state index is 11.5. The van der Waals surface area contributed by atoms with Gasteiger partial charge in [-0.15, -0.1) is 0 Å². The summed E-state index contributed by atoms with van der Waals surface area (Å²) in [6, 6.07) is 15.3. The normalized spacial score (nSPS) is 9.61. The second kappa shape index (κ2) is 8.50. The van der Waals surface area contributed by atoms with Crippen LogP contribution in [0.3, 0.4) is 0 Å². The lowest BCUT2D eigenvalue weighted by atomic mass is 10.1. The Labute approximate surface area is 136 Å². The lowest BCUT2D eigenvalue weighted by molar-refractivity contribution is 0.140. The van der Waals surface area contributed by atoms with Gasteiger partial charge in [0.1, 0.15) is 6.61 Å². The van der Waals surface area contributed by atoms with Gasteiger partial charge < -0.3 is 15.8 Å². The van der Waals surface area contributed by atoms with Crippen LogP contribution >= 0.6 is 0 Å². The quantitative estimate of drug-likeness (QED) is 0.518. The van der Waals surface area contributed by atoms with E-state index in [1.165, 1.54) is 0 Å². The van der Waals surface area contributed by atoms with Crippen LogP contribution in [0.15, 0.2) is 48.5 Å². The fraction of sp³-hybridized carbons (Fsp3) is 0.211. The first kappa shape index (κ1) is 16.4. The zero-order chi connectivity index (χ0) is 16.5. The predicted octanol–water partition coefficient (Wildman–Crippen LogP) is 3.25. The van der Waals surface area contributed by atoms with Gasteiger partial charge in [0.25, 0.3) is 0 Å². The monoisotopic (exact) mass is 308 g/mol. The molecule has 3 N–H and O–H groups in total. The van der Waals surface area contributed by atoms with Crippen molar-refractivity contribution < 1.29 is 9.53 Å². The van der Waals surface area contributed by atoms with Gasteiger partial charge in [-0.3, -0.25) is 0 Å². The maximum Gasteiger partial charge on any atom is 0.407 e. The van der Waals surface area contributed by atoms with E-state index in [4.69, 9.17) is 10.5 Å². The van der Waals surface area contributed by atoms with Gasteiger partial charge in [0.15, 0.2) is 0 Å². The predicted molar refractivity (Wildman–Crippen MR) is 91.7 cm³/mol. The number of benzene rings is 2. The highest BCUT2D eigenvalue weighted by Crippen LogP contribution is 2.12. The summed E-state index contributed by atoms with van der Waals surface area (Å²) in [6.07, 6.45) is 0.0961. The molecule has 0 bridgehead atoms. The number of alkyl carbamates (subject to hydrolysis) is 1. The van der Waals surface area contributed by atoms with Crippen molar-refractivity contribution in [1.82, 2.24) is 5.32 Å². The van der Waals surface area contributed by atoms with Crippen LogP contribution in [-0.2, 0) is 11.3 Å². The molecule has 2 aromatic carbocycles. The van der Waals surface area contributed by atoms with Crippen LogP contribution in [0.2, 0.25) is 0 Å². The molecule has 0 radical (unpaired) electrons. The molecule has 0 saturated heterocycles. The number of hydrogen-bond acceptors (Lipinski definition) is 3. The van der Waals surface area contributed by atoms with Gasteiger partial charge >= 0.3 is 6.09 Å². The van der Waals surface area contributed by atoms with Gasteiger partial charge in [-0.1, -0.05) is 48.2 Å². The van der Waals surface area contributed by atoms with E-state index < -0.39 is 6.09 Å². The topological polar surface area (TPSA) is 64.3 Å². The van der Waals surface area contributed by atoms with Gasteiger partial charge in [-0.25, -0.2) is 4.79 Å². The highest BCUT2D eigenvalue weighted by Gasteiger charge is 2.00. The van der Waals surface area contributed by atoms with Crippen molar-refractivity contribution in [3.05, 3.63) is 65.2 Å². The molecule has 0 aliphatic carbocycles.